The smallest absolute Gasteiger partial charge is 0.269 e. The molecule has 0 radical (unpaired) electrons. The number of nitro groups is 1. The molecule has 0 aliphatic carbocycles. The molecule has 4 atom stereocenters. The highest BCUT2D eigenvalue weighted by molar-refractivity contribution is 7.99. The number of hydrogen-bond donors (Lipinski definition) is 1. The predicted molar refractivity (Wildman–Crippen MR) is 128 cm³/mol. The number of benzene rings is 2. The Morgan fingerprint density at radius 3 is 2.86 bits per heavy atom. The van der Waals surface area contributed by atoms with Crippen LogP contribution in [0.2, 0.25) is 0 Å². The lowest BCUT2D eigenvalue weighted by Gasteiger charge is -2.36. The van der Waals surface area contributed by atoms with Crippen LogP contribution in [0.25, 0.3) is 0 Å². The number of rotatable bonds is 4. The summed E-state index contributed by atoms with van der Waals surface area (Å²) in [6, 6.07) is 13.4. The van der Waals surface area contributed by atoms with Gasteiger partial charge in [-0.2, -0.15) is 0 Å². The Bertz CT molecular complexity index is 1390. The maximum Gasteiger partial charge on any atom is 0.269 e. The van der Waals surface area contributed by atoms with Crippen molar-refractivity contribution in [3.63, 3.8) is 0 Å². The van der Waals surface area contributed by atoms with E-state index < -0.39 is 28.1 Å². The zero-order valence-corrected chi connectivity index (χ0v) is 19.1. The zero-order valence-electron chi connectivity index (χ0n) is 18.3. The molecule has 3 aromatic rings. The largest absolute Gasteiger partial charge is 0.324 e. The third kappa shape index (κ3) is 3.06. The molecular weight excluding hydrogens is 471 g/mol. The number of carbonyl (C=O) groups is 2. The SMILES string of the molecule is O=C(c1cccnc1)[C@@H]1[C@H](c2cccc([N+](=O)[O-])c2)[C@H]2CSCN2[C@@]12C(=O)Nc1ccc(F)cc12. The first-order valence-electron chi connectivity index (χ1n) is 11.1. The van der Waals surface area contributed by atoms with Gasteiger partial charge in [0.25, 0.3) is 5.69 Å². The Kier molecular flexibility index (Phi) is 4.97. The van der Waals surface area contributed by atoms with Crippen LogP contribution in [-0.4, -0.2) is 44.2 Å². The average Bonchev–Trinajstić information content (AvgIpc) is 3.52. The molecular formula is C25H19FN4O4S. The molecule has 0 bridgehead atoms. The number of aromatic nitrogens is 1. The fraction of sp³-hybridized carbons (Fsp3) is 0.240. The molecule has 35 heavy (non-hydrogen) atoms. The van der Waals surface area contributed by atoms with Crippen LogP contribution < -0.4 is 5.32 Å². The number of nitro benzene ring substituents is 1. The molecule has 1 N–H and O–H groups in total. The van der Waals surface area contributed by atoms with Gasteiger partial charge in [-0.3, -0.25) is 29.6 Å². The van der Waals surface area contributed by atoms with Crippen LogP contribution in [-0.2, 0) is 10.3 Å². The van der Waals surface area contributed by atoms with Crippen LogP contribution in [0.15, 0.2) is 67.0 Å². The van der Waals surface area contributed by atoms with Crippen molar-refractivity contribution in [2.75, 3.05) is 16.9 Å². The van der Waals surface area contributed by atoms with E-state index in [9.17, 15) is 24.1 Å². The van der Waals surface area contributed by atoms with Crippen LogP contribution in [0.3, 0.4) is 0 Å². The first kappa shape index (κ1) is 21.9. The number of Topliss-reactive ketones (excluding diaryl/α,β-unsaturated/α-hetero) is 1. The van der Waals surface area contributed by atoms with Gasteiger partial charge >= 0.3 is 0 Å². The highest BCUT2D eigenvalue weighted by Crippen LogP contribution is 2.61. The molecule has 0 unspecified atom stereocenters. The van der Waals surface area contributed by atoms with Crippen molar-refractivity contribution in [2.45, 2.75) is 17.5 Å². The van der Waals surface area contributed by atoms with Gasteiger partial charge in [-0.1, -0.05) is 12.1 Å². The van der Waals surface area contributed by atoms with E-state index in [1.54, 1.807) is 42.2 Å². The number of pyridine rings is 1. The Hall–Kier alpha value is -3.63. The highest BCUT2D eigenvalue weighted by atomic mass is 32.2. The van der Waals surface area contributed by atoms with Crippen LogP contribution in [0.1, 0.15) is 27.4 Å². The Balaban J connectivity index is 1.63. The number of ketones is 1. The summed E-state index contributed by atoms with van der Waals surface area (Å²) in [5, 5.41) is 14.4. The summed E-state index contributed by atoms with van der Waals surface area (Å²) in [4.78, 5) is 45.2. The Morgan fingerprint density at radius 1 is 1.23 bits per heavy atom. The van der Waals surface area contributed by atoms with E-state index in [1.165, 1.54) is 36.5 Å². The summed E-state index contributed by atoms with van der Waals surface area (Å²) in [7, 11) is 0. The van der Waals surface area contributed by atoms with Gasteiger partial charge in [0.15, 0.2) is 5.78 Å². The van der Waals surface area contributed by atoms with Crippen molar-refractivity contribution in [3.8, 4) is 0 Å². The molecule has 2 aromatic carbocycles. The molecule has 4 heterocycles. The first-order chi connectivity index (χ1) is 16.9. The lowest BCUT2D eigenvalue weighted by atomic mass is 9.69. The van der Waals surface area contributed by atoms with Crippen LogP contribution in [0.5, 0.6) is 0 Å². The van der Waals surface area contributed by atoms with Gasteiger partial charge in [0.05, 0.1) is 10.8 Å². The van der Waals surface area contributed by atoms with Crippen LogP contribution in [0, 0.1) is 21.8 Å². The molecule has 10 heteroatoms. The number of amides is 1. The predicted octanol–water partition coefficient (Wildman–Crippen LogP) is 3.95. The number of anilines is 1. The number of nitrogens with one attached hydrogen (secondary N) is 1. The third-order valence-corrected chi connectivity index (χ3v) is 8.32. The highest BCUT2D eigenvalue weighted by Gasteiger charge is 2.69. The number of carbonyl (C=O) groups excluding carboxylic acids is 2. The minimum atomic E-state index is -1.45. The topological polar surface area (TPSA) is 105 Å². The van der Waals surface area contributed by atoms with Gasteiger partial charge in [-0.15, -0.1) is 11.8 Å². The summed E-state index contributed by atoms with van der Waals surface area (Å²) >= 11 is 1.62. The fourth-order valence-electron chi connectivity index (χ4n) is 5.95. The minimum Gasteiger partial charge on any atom is -0.324 e. The lowest BCUT2D eigenvalue weighted by Crippen LogP contribution is -2.52. The zero-order chi connectivity index (χ0) is 24.3. The number of hydrogen-bond acceptors (Lipinski definition) is 7. The standard InChI is InChI=1S/C25H19FN4O4S/c26-16-6-7-19-18(10-16)25(24(32)28-19)22(23(31)15-4-2-8-27-11-15)21(20-12-35-13-29(20)25)14-3-1-5-17(9-14)30(33)34/h1-11,20-22H,12-13H2,(H,28,32)/t20-,21-,22+,25-/m1/s1. The molecule has 1 aromatic heterocycles. The Morgan fingerprint density at radius 2 is 2.09 bits per heavy atom. The van der Waals surface area contributed by atoms with Crippen molar-refractivity contribution in [1.82, 2.24) is 9.88 Å². The second kappa shape index (κ2) is 7.96. The monoisotopic (exact) mass is 490 g/mol. The number of thioether (sulfide) groups is 1. The fourth-order valence-corrected chi connectivity index (χ4v) is 7.28. The molecule has 2 saturated heterocycles. The normalized spacial score (nSPS) is 27.0. The summed E-state index contributed by atoms with van der Waals surface area (Å²) in [5.74, 6) is -1.57. The summed E-state index contributed by atoms with van der Waals surface area (Å²) in [6.45, 7) is 0. The molecule has 3 aliphatic rings. The minimum absolute atomic E-state index is 0.0875. The van der Waals surface area contributed by atoms with Gasteiger partial charge in [0.1, 0.15) is 11.4 Å². The maximum atomic E-state index is 14.5. The molecule has 0 saturated carbocycles. The number of nitrogens with zero attached hydrogens (tertiary/aromatic N) is 3. The first-order valence-corrected chi connectivity index (χ1v) is 12.2. The molecule has 3 aliphatic heterocycles. The van der Waals surface area contributed by atoms with Crippen LogP contribution in [0.4, 0.5) is 15.8 Å². The van der Waals surface area contributed by atoms with Crippen LogP contribution >= 0.6 is 11.8 Å². The number of non-ortho nitro benzene ring substituents is 1. The average molecular weight is 491 g/mol. The summed E-state index contributed by atoms with van der Waals surface area (Å²) < 4.78 is 14.5. The molecule has 8 nitrogen and oxygen atoms in total. The van der Waals surface area contributed by atoms with Crippen molar-refractivity contribution >= 4 is 34.8 Å². The number of fused-ring (bicyclic) bond motifs is 4. The van der Waals surface area contributed by atoms with E-state index in [0.717, 1.165) is 0 Å². The Labute approximate surface area is 203 Å². The van der Waals surface area contributed by atoms with E-state index >= 15 is 0 Å². The van der Waals surface area contributed by atoms with Gasteiger partial charge in [0.2, 0.25) is 5.91 Å². The van der Waals surface area contributed by atoms with Gasteiger partial charge < -0.3 is 5.32 Å². The molecule has 1 spiro atoms. The van der Waals surface area contributed by atoms with Gasteiger partial charge in [-0.25, -0.2) is 4.39 Å². The third-order valence-electron chi connectivity index (χ3n) is 7.28. The van der Waals surface area contributed by atoms with Gasteiger partial charge in [-0.05, 0) is 35.9 Å². The molecule has 1 amide bonds. The molecule has 6 rings (SSSR count). The van der Waals surface area contributed by atoms with E-state index in [-0.39, 0.29) is 23.4 Å². The van der Waals surface area contributed by atoms with E-state index in [0.29, 0.717) is 34.0 Å². The maximum absolute atomic E-state index is 14.5. The molecule has 2 fully saturated rings. The van der Waals surface area contributed by atoms with Crippen molar-refractivity contribution in [3.05, 3.63) is 99.6 Å². The number of halogens is 1. The second-order valence-electron chi connectivity index (χ2n) is 8.91. The summed E-state index contributed by atoms with van der Waals surface area (Å²) in [5.41, 5.74) is 0.289. The molecule has 176 valence electrons. The van der Waals surface area contributed by atoms with Crippen molar-refractivity contribution < 1.29 is 18.9 Å². The summed E-state index contributed by atoms with van der Waals surface area (Å²) in [6.07, 6.45) is 3.01. The van der Waals surface area contributed by atoms with Gasteiger partial charge in [0, 0.05) is 64.9 Å². The van der Waals surface area contributed by atoms with E-state index in [2.05, 4.69) is 10.3 Å². The van der Waals surface area contributed by atoms with Crippen molar-refractivity contribution in [1.29, 1.82) is 0 Å². The second-order valence-corrected chi connectivity index (χ2v) is 9.91. The quantitative estimate of drug-likeness (QED) is 0.335. The van der Waals surface area contributed by atoms with E-state index in [1.807, 2.05) is 4.90 Å². The van der Waals surface area contributed by atoms with E-state index in [4.69, 9.17) is 0 Å². The van der Waals surface area contributed by atoms with Crippen molar-refractivity contribution in [2.24, 2.45) is 5.92 Å². The lowest BCUT2D eigenvalue weighted by molar-refractivity contribution is -0.384.